The molecule has 0 aliphatic rings. The number of hydrogen-bond donors (Lipinski definition) is 0. The molecule has 0 fully saturated rings. The second-order valence-corrected chi connectivity index (χ2v) is 6.77. The summed E-state index contributed by atoms with van der Waals surface area (Å²) in [4.78, 5) is 25.2. The first-order chi connectivity index (χ1) is 14.2. The molecule has 0 amide bonds. The summed E-state index contributed by atoms with van der Waals surface area (Å²) in [5.41, 5.74) is 3.13. The van der Waals surface area contributed by atoms with Gasteiger partial charge in [0.05, 0.1) is 17.4 Å². The van der Waals surface area contributed by atoms with Crippen LogP contribution in [-0.2, 0) is 6.54 Å². The molecule has 0 saturated carbocycles. The Hall–Kier alpha value is -3.93. The molecule has 0 bridgehead atoms. The zero-order chi connectivity index (χ0) is 19.8. The number of halogens is 1. The Kier molecular flexibility index (Phi) is 4.09. The van der Waals surface area contributed by atoms with Gasteiger partial charge in [0.2, 0.25) is 0 Å². The Morgan fingerprint density at radius 2 is 1.66 bits per heavy atom. The summed E-state index contributed by atoms with van der Waals surface area (Å²) in [5, 5.41) is 1.41. The number of aromatic nitrogens is 4. The van der Waals surface area contributed by atoms with Crippen LogP contribution in [0.15, 0.2) is 84.2 Å². The molecule has 0 unspecified atom stereocenters. The van der Waals surface area contributed by atoms with Gasteiger partial charge in [0.1, 0.15) is 12.1 Å². The van der Waals surface area contributed by atoms with Crippen molar-refractivity contribution in [1.29, 1.82) is 0 Å². The van der Waals surface area contributed by atoms with Gasteiger partial charge in [-0.15, -0.1) is 0 Å². The van der Waals surface area contributed by atoms with Crippen LogP contribution in [0.4, 0.5) is 4.39 Å². The molecule has 29 heavy (non-hydrogen) atoms. The number of rotatable bonds is 3. The molecule has 3 aromatic heterocycles. The monoisotopic (exact) mass is 382 g/mol. The first-order valence-electron chi connectivity index (χ1n) is 9.13. The minimum absolute atomic E-state index is 0.102. The van der Waals surface area contributed by atoms with Gasteiger partial charge < -0.3 is 0 Å². The molecule has 5 aromatic rings. The maximum atomic E-state index is 14.8. The van der Waals surface area contributed by atoms with E-state index in [1.807, 2.05) is 36.4 Å². The molecule has 0 spiro atoms. The maximum Gasteiger partial charge on any atom is 0.263 e. The third-order valence-electron chi connectivity index (χ3n) is 4.93. The van der Waals surface area contributed by atoms with Crippen LogP contribution >= 0.6 is 0 Å². The lowest BCUT2D eigenvalue weighted by molar-refractivity contribution is 0.595. The Morgan fingerprint density at radius 1 is 0.862 bits per heavy atom. The maximum absolute atomic E-state index is 14.8. The van der Waals surface area contributed by atoms with E-state index in [1.54, 1.807) is 30.6 Å². The van der Waals surface area contributed by atoms with E-state index < -0.39 is 0 Å². The number of benzene rings is 2. The van der Waals surface area contributed by atoms with Crippen molar-refractivity contribution in [2.24, 2.45) is 0 Å². The third-order valence-corrected chi connectivity index (χ3v) is 4.93. The average Bonchev–Trinajstić information content (AvgIpc) is 2.76. The van der Waals surface area contributed by atoms with Crippen molar-refractivity contribution in [2.75, 3.05) is 0 Å². The summed E-state index contributed by atoms with van der Waals surface area (Å²) in [6, 6.07) is 18.1. The number of hydrogen-bond acceptors (Lipinski definition) is 4. The lowest BCUT2D eigenvalue weighted by Crippen LogP contribution is -2.21. The van der Waals surface area contributed by atoms with Crippen molar-refractivity contribution >= 4 is 21.9 Å². The SMILES string of the molecule is O=c1c2cccnc2ncn1Cc1ccc(-c2ccc3ncccc3c2)cc1F. The van der Waals surface area contributed by atoms with Crippen LogP contribution in [0.25, 0.3) is 33.1 Å². The topological polar surface area (TPSA) is 60.7 Å². The van der Waals surface area contributed by atoms with E-state index in [1.165, 1.54) is 17.0 Å². The number of nitrogens with zero attached hydrogens (tertiary/aromatic N) is 4. The molecule has 0 aliphatic carbocycles. The van der Waals surface area contributed by atoms with Crippen molar-refractivity contribution in [3.8, 4) is 11.1 Å². The first kappa shape index (κ1) is 17.2. The van der Waals surface area contributed by atoms with Gasteiger partial charge in [-0.2, -0.15) is 0 Å². The van der Waals surface area contributed by atoms with E-state index in [4.69, 9.17) is 0 Å². The fourth-order valence-electron chi connectivity index (χ4n) is 3.40. The largest absolute Gasteiger partial charge is 0.294 e. The molecule has 140 valence electrons. The molecule has 2 aromatic carbocycles. The number of fused-ring (bicyclic) bond motifs is 2. The van der Waals surface area contributed by atoms with Crippen molar-refractivity contribution < 1.29 is 4.39 Å². The third kappa shape index (κ3) is 3.14. The van der Waals surface area contributed by atoms with Crippen LogP contribution in [0.5, 0.6) is 0 Å². The molecule has 5 rings (SSSR count). The van der Waals surface area contributed by atoms with Crippen molar-refractivity contribution in [1.82, 2.24) is 19.5 Å². The molecule has 0 radical (unpaired) electrons. The van der Waals surface area contributed by atoms with Crippen LogP contribution in [0.1, 0.15) is 5.56 Å². The summed E-state index contributed by atoms with van der Waals surface area (Å²) >= 11 is 0. The second kappa shape index (κ2) is 6.91. The standard InChI is InChI=1S/C23H15FN4O/c24-20-12-16(15-7-8-21-17(11-15)3-1-9-25-21)5-6-18(20)13-28-14-27-22-19(23(28)29)4-2-10-26-22/h1-12,14H,13H2. The van der Waals surface area contributed by atoms with Gasteiger partial charge in [-0.1, -0.05) is 24.3 Å². The molecule has 3 heterocycles. The van der Waals surface area contributed by atoms with Gasteiger partial charge in [0, 0.05) is 23.3 Å². The molecule has 5 nitrogen and oxygen atoms in total. The summed E-state index contributed by atoms with van der Waals surface area (Å²) in [6.07, 6.45) is 4.73. The average molecular weight is 382 g/mol. The summed E-state index contributed by atoms with van der Waals surface area (Å²) < 4.78 is 16.2. The quantitative estimate of drug-likeness (QED) is 0.469. The normalized spacial score (nSPS) is 11.2. The predicted octanol–water partition coefficient (Wildman–Crippen LogP) is 4.19. The van der Waals surface area contributed by atoms with Crippen molar-refractivity contribution in [3.63, 3.8) is 0 Å². The van der Waals surface area contributed by atoms with E-state index >= 15 is 0 Å². The highest BCUT2D eigenvalue weighted by Crippen LogP contribution is 2.25. The Labute approximate surface area is 165 Å². The smallest absolute Gasteiger partial charge is 0.263 e. The van der Waals surface area contributed by atoms with Gasteiger partial charge in [0.15, 0.2) is 5.65 Å². The molecule has 6 heteroatoms. The van der Waals surface area contributed by atoms with Crippen molar-refractivity contribution in [2.45, 2.75) is 6.54 Å². The predicted molar refractivity (Wildman–Crippen MR) is 110 cm³/mol. The minimum Gasteiger partial charge on any atom is -0.294 e. The Balaban J connectivity index is 1.50. The van der Waals surface area contributed by atoms with Gasteiger partial charge in [-0.3, -0.25) is 14.3 Å². The van der Waals surface area contributed by atoms with E-state index in [2.05, 4.69) is 15.0 Å². The zero-order valence-electron chi connectivity index (χ0n) is 15.3. The van der Waals surface area contributed by atoms with Gasteiger partial charge in [-0.25, -0.2) is 14.4 Å². The highest BCUT2D eigenvalue weighted by molar-refractivity contribution is 5.84. The second-order valence-electron chi connectivity index (χ2n) is 6.77. The van der Waals surface area contributed by atoms with Crippen LogP contribution in [-0.4, -0.2) is 19.5 Å². The summed E-state index contributed by atoms with van der Waals surface area (Å²) in [5.74, 6) is -0.369. The van der Waals surface area contributed by atoms with Crippen LogP contribution in [0.3, 0.4) is 0 Å². The fraction of sp³-hybridized carbons (Fsp3) is 0.0435. The molecule has 0 saturated heterocycles. The summed E-state index contributed by atoms with van der Waals surface area (Å²) in [6.45, 7) is 0.102. The fourth-order valence-corrected chi connectivity index (χ4v) is 3.40. The lowest BCUT2D eigenvalue weighted by atomic mass is 10.0. The molecule has 0 N–H and O–H groups in total. The van der Waals surface area contributed by atoms with Crippen LogP contribution in [0, 0.1) is 5.82 Å². The Bertz CT molecular complexity index is 1430. The highest BCUT2D eigenvalue weighted by Gasteiger charge is 2.10. The van der Waals surface area contributed by atoms with Gasteiger partial charge in [0.25, 0.3) is 5.56 Å². The molecular weight excluding hydrogens is 367 g/mol. The molecular formula is C23H15FN4O. The van der Waals surface area contributed by atoms with Gasteiger partial charge in [-0.05, 0) is 47.5 Å². The van der Waals surface area contributed by atoms with E-state index in [0.717, 1.165) is 22.0 Å². The van der Waals surface area contributed by atoms with Crippen molar-refractivity contribution in [3.05, 3.63) is 101 Å². The van der Waals surface area contributed by atoms with E-state index in [9.17, 15) is 9.18 Å². The van der Waals surface area contributed by atoms with Crippen LogP contribution < -0.4 is 5.56 Å². The van der Waals surface area contributed by atoms with Gasteiger partial charge >= 0.3 is 0 Å². The van der Waals surface area contributed by atoms with E-state index in [-0.39, 0.29) is 17.9 Å². The van der Waals surface area contributed by atoms with Crippen LogP contribution in [0.2, 0.25) is 0 Å². The number of pyridine rings is 2. The summed E-state index contributed by atoms with van der Waals surface area (Å²) in [7, 11) is 0. The van der Waals surface area contributed by atoms with E-state index in [0.29, 0.717) is 16.6 Å². The zero-order valence-corrected chi connectivity index (χ0v) is 15.3. The first-order valence-corrected chi connectivity index (χ1v) is 9.13. The highest BCUT2D eigenvalue weighted by atomic mass is 19.1. The molecule has 0 aliphatic heterocycles. The minimum atomic E-state index is -0.369. The Morgan fingerprint density at radius 3 is 2.55 bits per heavy atom. The molecule has 0 atom stereocenters. The lowest BCUT2D eigenvalue weighted by Gasteiger charge is -2.10.